The highest BCUT2D eigenvalue weighted by Gasteiger charge is 2.31. The molecule has 0 saturated carbocycles. The molecule has 6 aromatic carbocycles. The number of anilines is 4. The Hall–Kier alpha value is -10.7. The van der Waals surface area contributed by atoms with Gasteiger partial charge in [0.2, 0.25) is 0 Å². The first kappa shape index (κ1) is 53.7. The van der Waals surface area contributed by atoms with Gasteiger partial charge in [0.1, 0.15) is 34.5 Å². The predicted octanol–water partition coefficient (Wildman–Crippen LogP) is 12.4. The van der Waals surface area contributed by atoms with Crippen molar-refractivity contribution in [3.8, 4) is 51.6 Å². The number of halogens is 2. The monoisotopic (exact) mass is 1120 g/mol. The van der Waals surface area contributed by atoms with Crippen molar-refractivity contribution >= 4 is 93.2 Å². The number of furan rings is 2. The van der Waals surface area contributed by atoms with Crippen LogP contribution in [-0.2, 0) is 9.59 Å². The molecule has 2 aliphatic heterocycles. The Morgan fingerprint density at radius 1 is 0.605 bits per heavy atom. The number of nitrogens with zero attached hydrogens (tertiary/aromatic N) is 8. The summed E-state index contributed by atoms with van der Waals surface area (Å²) in [6.07, 6.45) is 3.26. The lowest BCUT2D eigenvalue weighted by molar-refractivity contribution is -0.115. The van der Waals surface area contributed by atoms with Crippen LogP contribution >= 0.6 is 23.2 Å². The molecule has 400 valence electrons. The molecule has 0 atom stereocenters. The Morgan fingerprint density at radius 2 is 1.10 bits per heavy atom. The molecular weight excluding hydrogens is 1070 g/mol. The summed E-state index contributed by atoms with van der Waals surface area (Å²) in [5.41, 5.74) is 6.99. The number of methoxy groups -OCH3 is 2. The maximum absolute atomic E-state index is 13.3. The molecule has 11 rings (SSSR count). The van der Waals surface area contributed by atoms with E-state index < -0.39 is 0 Å². The average molecular weight is 1120 g/mol. The minimum Gasteiger partial charge on any atom is -0.497 e. The van der Waals surface area contributed by atoms with Crippen LogP contribution in [0, 0.1) is 11.3 Å². The van der Waals surface area contributed by atoms with Crippen molar-refractivity contribution in [2.75, 3.05) is 34.9 Å². The van der Waals surface area contributed by atoms with Gasteiger partial charge in [0.25, 0.3) is 23.6 Å². The minimum atomic E-state index is -0.382. The molecule has 3 N–H and O–H groups in total. The highest BCUT2D eigenvalue weighted by molar-refractivity contribution is 6.35. The number of hydrogen-bond acceptors (Lipinski definition) is 14. The maximum Gasteiger partial charge on any atom is 0.280 e. The third-order valence-corrected chi connectivity index (χ3v) is 13.2. The van der Waals surface area contributed by atoms with Gasteiger partial charge < -0.3 is 28.9 Å². The molecule has 0 saturated heterocycles. The second-order valence-electron chi connectivity index (χ2n) is 17.8. The zero-order valence-electron chi connectivity index (χ0n) is 43.3. The number of nitriles is 1. The van der Waals surface area contributed by atoms with Gasteiger partial charge in [-0.3, -0.25) is 19.2 Å². The topological polar surface area (TPSA) is 247 Å². The van der Waals surface area contributed by atoms with Crippen molar-refractivity contribution in [1.29, 1.82) is 5.26 Å². The van der Waals surface area contributed by atoms with Crippen LogP contribution in [0.15, 0.2) is 188 Å². The van der Waals surface area contributed by atoms with Crippen LogP contribution in [0.5, 0.6) is 11.5 Å². The number of ether oxygens (including phenoxy) is 2. The van der Waals surface area contributed by atoms with Gasteiger partial charge in [0.15, 0.2) is 5.82 Å². The van der Waals surface area contributed by atoms with Gasteiger partial charge >= 0.3 is 0 Å². The van der Waals surface area contributed by atoms with Crippen molar-refractivity contribution in [2.45, 2.75) is 13.8 Å². The number of amides is 4. The van der Waals surface area contributed by atoms with E-state index in [-0.39, 0.29) is 39.8 Å². The predicted molar refractivity (Wildman–Crippen MR) is 308 cm³/mol. The summed E-state index contributed by atoms with van der Waals surface area (Å²) in [6.45, 7) is 3.48. The van der Waals surface area contributed by atoms with E-state index in [2.05, 4.69) is 47.5 Å². The summed E-state index contributed by atoms with van der Waals surface area (Å²) >= 11 is 12.7. The van der Waals surface area contributed by atoms with Gasteiger partial charge in [0.05, 0.1) is 81.0 Å². The number of carbonyl (C=O) groups excluding carboxylic acids is 4. The van der Waals surface area contributed by atoms with E-state index in [1.54, 1.807) is 192 Å². The highest BCUT2D eigenvalue weighted by Crippen LogP contribution is 2.34. The second-order valence-corrected chi connectivity index (χ2v) is 18.7. The molecule has 21 heteroatoms. The third-order valence-electron chi connectivity index (χ3n) is 12.5. The third kappa shape index (κ3) is 11.9. The standard InChI is InChI=1S/C30H22ClN7O4.C30H21ClN4O4/c1-17-24(30(40)38(35-17)21-7-3-5-19(13-21)28-33-36-37-34-28)16-23-10-12-27(42-23)18-9-11-26(31)25(14-18)29(39)32-20-6-4-8-22(15-20)41-2;1-18-25(30(37)35(34-18)22-7-3-5-19(13-22)17-32)16-24-10-12-28(39-24)20-9-11-27(31)26(14-20)29(36)33-21-6-4-8-23(15-21)38-2/h3-16H,1-2H3,(H,32,39)(H,33,34,36,37);3-16H,1-2H3,(H,33,36)/b24-16-;25-16-. The number of benzene rings is 6. The SMILES string of the molecule is COc1cccc(NC(=O)c2cc(-c3ccc(/C=C4\C(=O)N(c5cccc(-c6nnn[nH]6)c5)N=C4C)o3)ccc2Cl)c1.COc1cccc(NC(=O)c2cc(-c3ccc(/C=C4\C(=O)N(c5cccc(C#N)c5)N=C4C)o3)ccc2Cl)c1. The van der Waals surface area contributed by atoms with Gasteiger partial charge in [-0.05, 0) is 152 Å². The Bertz CT molecular complexity index is 4120. The molecule has 0 radical (unpaired) electrons. The fourth-order valence-corrected chi connectivity index (χ4v) is 8.86. The van der Waals surface area contributed by atoms with Crippen molar-refractivity contribution in [3.05, 3.63) is 207 Å². The van der Waals surface area contributed by atoms with Crippen molar-refractivity contribution in [1.82, 2.24) is 20.6 Å². The Kier molecular flexibility index (Phi) is 15.6. The summed E-state index contributed by atoms with van der Waals surface area (Å²) in [5.74, 6) is 2.19. The van der Waals surface area contributed by atoms with Gasteiger partial charge in [-0.1, -0.05) is 53.5 Å². The van der Waals surface area contributed by atoms with Gasteiger partial charge in [0, 0.05) is 40.2 Å². The largest absolute Gasteiger partial charge is 0.497 e. The summed E-state index contributed by atoms with van der Waals surface area (Å²) in [7, 11) is 3.11. The fraction of sp³-hybridized carbons (Fsp3) is 0.0667. The van der Waals surface area contributed by atoms with Crippen LogP contribution in [0.2, 0.25) is 10.0 Å². The molecule has 0 unspecified atom stereocenters. The lowest BCUT2D eigenvalue weighted by Crippen LogP contribution is -2.21. The molecule has 0 aliphatic carbocycles. The summed E-state index contributed by atoms with van der Waals surface area (Å²) < 4.78 is 22.5. The molecule has 4 amide bonds. The first-order valence-electron chi connectivity index (χ1n) is 24.5. The maximum atomic E-state index is 13.3. The van der Waals surface area contributed by atoms with E-state index in [4.69, 9.17) is 46.8 Å². The quantitative estimate of drug-likeness (QED) is 0.0913. The lowest BCUT2D eigenvalue weighted by atomic mass is 10.1. The van der Waals surface area contributed by atoms with Gasteiger partial charge in [-0.25, -0.2) is 5.10 Å². The minimum absolute atomic E-state index is 0.275. The highest BCUT2D eigenvalue weighted by atomic mass is 35.5. The molecule has 0 bridgehead atoms. The van der Waals surface area contributed by atoms with Gasteiger partial charge in [-0.2, -0.15) is 25.5 Å². The summed E-state index contributed by atoms with van der Waals surface area (Å²) in [4.78, 5) is 52.4. The normalized spacial score (nSPS) is 13.8. The number of nitrogens with one attached hydrogen (secondary N) is 3. The second kappa shape index (κ2) is 23.5. The molecule has 5 heterocycles. The number of aromatic nitrogens is 4. The van der Waals surface area contributed by atoms with Crippen LogP contribution in [0.3, 0.4) is 0 Å². The van der Waals surface area contributed by atoms with Crippen LogP contribution in [-0.4, -0.2) is 69.9 Å². The zero-order valence-corrected chi connectivity index (χ0v) is 44.8. The Morgan fingerprint density at radius 3 is 1.58 bits per heavy atom. The Labute approximate surface area is 472 Å². The number of hydrazone groups is 2. The number of carbonyl (C=O) groups is 4. The number of aromatic amines is 1. The van der Waals surface area contributed by atoms with E-state index in [0.717, 1.165) is 0 Å². The summed E-state index contributed by atoms with van der Waals surface area (Å²) in [6, 6.07) is 47.0. The molecule has 0 spiro atoms. The first-order valence-corrected chi connectivity index (χ1v) is 25.3. The van der Waals surface area contributed by atoms with Crippen LogP contribution in [0.25, 0.3) is 46.2 Å². The molecule has 0 fully saturated rings. The van der Waals surface area contributed by atoms with Crippen LogP contribution in [0.1, 0.15) is 51.6 Å². The summed E-state index contributed by atoms with van der Waals surface area (Å²) in [5, 5.41) is 40.6. The first-order chi connectivity index (χ1) is 39.2. The lowest BCUT2D eigenvalue weighted by Gasteiger charge is -2.12. The average Bonchev–Trinajstić information content (AvgIpc) is 4.37. The van der Waals surface area contributed by atoms with E-state index >= 15 is 0 Å². The molecule has 2 aliphatic rings. The van der Waals surface area contributed by atoms with Crippen molar-refractivity contribution < 1.29 is 37.5 Å². The van der Waals surface area contributed by atoms with E-state index in [1.165, 1.54) is 10.0 Å². The van der Waals surface area contributed by atoms with Crippen LogP contribution in [0.4, 0.5) is 22.7 Å². The van der Waals surface area contributed by atoms with Crippen molar-refractivity contribution in [3.63, 3.8) is 0 Å². The fourth-order valence-electron chi connectivity index (χ4n) is 8.45. The smallest absolute Gasteiger partial charge is 0.280 e. The number of tetrazole rings is 1. The van der Waals surface area contributed by atoms with Crippen molar-refractivity contribution in [2.24, 2.45) is 10.2 Å². The molecule has 81 heavy (non-hydrogen) atoms. The number of hydrogen-bond donors (Lipinski definition) is 3. The molecule has 9 aromatic rings. The van der Waals surface area contributed by atoms with Crippen LogP contribution < -0.4 is 30.1 Å². The molecule has 3 aromatic heterocycles. The van der Waals surface area contributed by atoms with E-state index in [0.29, 0.717) is 113 Å². The molecule has 19 nitrogen and oxygen atoms in total. The molecular formula is C60H43Cl2N11O8. The van der Waals surface area contributed by atoms with Gasteiger partial charge in [-0.15, -0.1) is 5.10 Å². The number of rotatable bonds is 13. The number of H-pyrrole nitrogens is 1. The van der Waals surface area contributed by atoms with E-state index in [1.807, 2.05) is 6.07 Å². The van der Waals surface area contributed by atoms with E-state index in [9.17, 15) is 19.2 Å². The Balaban J connectivity index is 0.000000182. The zero-order chi connectivity index (χ0) is 56.7.